The topological polar surface area (TPSA) is 94.3 Å². The van der Waals surface area contributed by atoms with Crippen molar-refractivity contribution in [2.45, 2.75) is 79.2 Å². The monoisotopic (exact) mass is 365 g/mol. The number of nitrogens with two attached hydrogens (primary N) is 1. The smallest absolute Gasteiger partial charge is 0.152 e. The molecule has 1 aliphatic carbocycles. The van der Waals surface area contributed by atoms with E-state index >= 15 is 0 Å². The minimum atomic E-state index is -0.611. The third kappa shape index (κ3) is 6.75. The van der Waals surface area contributed by atoms with E-state index in [0.29, 0.717) is 38.5 Å². The van der Waals surface area contributed by atoms with Gasteiger partial charge in [0.05, 0.1) is 6.04 Å². The number of carbonyl (C=O) groups excluding carboxylic acids is 4. The van der Waals surface area contributed by atoms with Gasteiger partial charge in [-0.05, 0) is 25.7 Å². The fraction of sp³-hybridized carbons (Fsp3) is 0.810. The molecule has 1 fully saturated rings. The molecule has 0 aromatic carbocycles. The van der Waals surface area contributed by atoms with Crippen LogP contribution in [0.3, 0.4) is 0 Å². The van der Waals surface area contributed by atoms with Crippen molar-refractivity contribution >= 4 is 23.1 Å². The van der Waals surface area contributed by atoms with Gasteiger partial charge in [-0.3, -0.25) is 19.2 Å². The van der Waals surface area contributed by atoms with Gasteiger partial charge in [0.15, 0.2) is 5.78 Å². The summed E-state index contributed by atoms with van der Waals surface area (Å²) in [6.45, 7) is 9.25. The fourth-order valence-electron chi connectivity index (χ4n) is 3.30. The Labute approximate surface area is 157 Å². The number of Topliss-reactive ketones (excluding diaryl/α,β-unsaturated/α-hetero) is 4. The molecule has 5 nitrogen and oxygen atoms in total. The maximum absolute atomic E-state index is 12.3. The van der Waals surface area contributed by atoms with Crippen LogP contribution in [0.15, 0.2) is 0 Å². The molecule has 1 rings (SSSR count). The molecule has 0 spiro atoms. The van der Waals surface area contributed by atoms with E-state index in [9.17, 15) is 19.2 Å². The minimum Gasteiger partial charge on any atom is -0.321 e. The predicted octanol–water partition coefficient (Wildman–Crippen LogP) is 3.12. The van der Waals surface area contributed by atoms with Crippen LogP contribution in [0, 0.1) is 29.6 Å². The van der Waals surface area contributed by atoms with E-state index in [4.69, 9.17) is 5.73 Å². The molecule has 0 bridgehead atoms. The highest BCUT2D eigenvalue weighted by molar-refractivity contribution is 5.95. The number of carbonyl (C=O) groups is 4. The zero-order valence-electron chi connectivity index (χ0n) is 16.9. The lowest BCUT2D eigenvalue weighted by Gasteiger charge is -2.16. The summed E-state index contributed by atoms with van der Waals surface area (Å²) < 4.78 is 0. The molecule has 0 amide bonds. The van der Waals surface area contributed by atoms with Gasteiger partial charge in [-0.15, -0.1) is 0 Å². The molecule has 2 N–H and O–H groups in total. The predicted molar refractivity (Wildman–Crippen MR) is 102 cm³/mol. The van der Waals surface area contributed by atoms with Crippen molar-refractivity contribution in [3.63, 3.8) is 0 Å². The van der Waals surface area contributed by atoms with E-state index in [0.717, 1.165) is 0 Å². The van der Waals surface area contributed by atoms with Gasteiger partial charge in [0.2, 0.25) is 0 Å². The Morgan fingerprint density at radius 1 is 0.885 bits per heavy atom. The third-order valence-electron chi connectivity index (χ3n) is 5.40. The Morgan fingerprint density at radius 3 is 2.04 bits per heavy atom. The van der Waals surface area contributed by atoms with E-state index in [-0.39, 0.29) is 52.7 Å². The van der Waals surface area contributed by atoms with Crippen molar-refractivity contribution in [1.29, 1.82) is 0 Å². The quantitative estimate of drug-likeness (QED) is 0.541. The molecular formula is C21H35NO4. The zero-order valence-corrected chi connectivity index (χ0v) is 16.9. The van der Waals surface area contributed by atoms with Gasteiger partial charge in [-0.25, -0.2) is 0 Å². The molecule has 0 aromatic heterocycles. The summed E-state index contributed by atoms with van der Waals surface area (Å²) in [5.41, 5.74) is 5.93. The van der Waals surface area contributed by atoms with Crippen LogP contribution in [0.2, 0.25) is 0 Å². The van der Waals surface area contributed by atoms with Gasteiger partial charge < -0.3 is 5.73 Å². The molecule has 26 heavy (non-hydrogen) atoms. The summed E-state index contributed by atoms with van der Waals surface area (Å²) >= 11 is 0. The number of hydrogen-bond acceptors (Lipinski definition) is 5. The summed E-state index contributed by atoms with van der Waals surface area (Å²) in [6.07, 6.45) is 3.10. The second-order valence-corrected chi connectivity index (χ2v) is 8.43. The highest BCUT2D eigenvalue weighted by Gasteiger charge is 2.47. The summed E-state index contributed by atoms with van der Waals surface area (Å²) in [7, 11) is 0. The van der Waals surface area contributed by atoms with Crippen LogP contribution in [0.1, 0.15) is 73.1 Å². The van der Waals surface area contributed by atoms with Crippen molar-refractivity contribution in [3.05, 3.63) is 0 Å². The van der Waals surface area contributed by atoms with Crippen molar-refractivity contribution in [2.75, 3.05) is 0 Å². The number of hydrogen-bond donors (Lipinski definition) is 1. The first-order valence-corrected chi connectivity index (χ1v) is 9.94. The Bertz CT molecular complexity index is 538. The summed E-state index contributed by atoms with van der Waals surface area (Å²) in [5, 5.41) is 0. The molecule has 1 aliphatic rings. The maximum atomic E-state index is 12.3. The lowest BCUT2D eigenvalue weighted by atomic mass is 9.90. The van der Waals surface area contributed by atoms with Gasteiger partial charge in [0, 0.05) is 42.4 Å². The molecule has 0 heterocycles. The first kappa shape index (κ1) is 22.7. The lowest BCUT2D eigenvalue weighted by Crippen LogP contribution is -2.35. The molecule has 4 atom stereocenters. The van der Waals surface area contributed by atoms with Crippen LogP contribution in [0.4, 0.5) is 0 Å². The van der Waals surface area contributed by atoms with E-state index in [1.165, 1.54) is 0 Å². The Morgan fingerprint density at radius 2 is 1.50 bits per heavy atom. The number of rotatable bonds is 13. The van der Waals surface area contributed by atoms with Crippen LogP contribution in [-0.4, -0.2) is 29.2 Å². The van der Waals surface area contributed by atoms with Crippen LogP contribution in [-0.2, 0) is 19.2 Å². The van der Waals surface area contributed by atoms with Crippen LogP contribution < -0.4 is 5.73 Å². The highest BCUT2D eigenvalue weighted by Crippen LogP contribution is 2.42. The van der Waals surface area contributed by atoms with Crippen molar-refractivity contribution in [1.82, 2.24) is 0 Å². The molecule has 5 heteroatoms. The van der Waals surface area contributed by atoms with Crippen LogP contribution in [0.25, 0.3) is 0 Å². The van der Waals surface area contributed by atoms with Crippen LogP contribution in [0.5, 0.6) is 0 Å². The SMILES string of the molecule is CC(C)C(=O)CCC(N)C(=O)C(C)CCCC(=O)C1CC1C(=O)C(C)C. The highest BCUT2D eigenvalue weighted by atomic mass is 16.1. The third-order valence-corrected chi connectivity index (χ3v) is 5.40. The average molecular weight is 366 g/mol. The van der Waals surface area contributed by atoms with Crippen molar-refractivity contribution in [3.8, 4) is 0 Å². The molecule has 4 unspecified atom stereocenters. The standard InChI is InChI=1S/C21H35NO4/c1-12(2)18(23)10-9-17(22)21(26)14(5)7-6-8-19(24)15-11-16(15)20(25)13(3)4/h12-17H,6-11,22H2,1-5H3. The first-order chi connectivity index (χ1) is 12.1. The molecular weight excluding hydrogens is 330 g/mol. The van der Waals surface area contributed by atoms with Gasteiger partial charge in [-0.1, -0.05) is 34.6 Å². The van der Waals surface area contributed by atoms with E-state index in [1.807, 2.05) is 34.6 Å². The van der Waals surface area contributed by atoms with Gasteiger partial charge >= 0.3 is 0 Å². The average Bonchev–Trinajstić information content (AvgIpc) is 3.37. The van der Waals surface area contributed by atoms with E-state index < -0.39 is 6.04 Å². The summed E-state index contributed by atoms with van der Waals surface area (Å²) in [4.78, 5) is 48.0. The first-order valence-electron chi connectivity index (χ1n) is 9.94. The summed E-state index contributed by atoms with van der Waals surface area (Å²) in [6, 6.07) is -0.611. The van der Waals surface area contributed by atoms with Gasteiger partial charge in [0.25, 0.3) is 0 Å². The fourth-order valence-corrected chi connectivity index (χ4v) is 3.30. The Balaban J connectivity index is 2.28. The largest absolute Gasteiger partial charge is 0.321 e. The van der Waals surface area contributed by atoms with E-state index in [2.05, 4.69) is 0 Å². The Hall–Kier alpha value is -1.36. The molecule has 1 saturated carbocycles. The van der Waals surface area contributed by atoms with Crippen molar-refractivity contribution in [2.24, 2.45) is 35.3 Å². The van der Waals surface area contributed by atoms with E-state index in [1.54, 1.807) is 0 Å². The van der Waals surface area contributed by atoms with Crippen LogP contribution >= 0.6 is 0 Å². The minimum absolute atomic E-state index is 0.0143. The molecule has 0 aromatic rings. The molecule has 148 valence electrons. The Kier molecular flexibility index (Phi) is 8.81. The van der Waals surface area contributed by atoms with Gasteiger partial charge in [-0.2, -0.15) is 0 Å². The number of ketones is 4. The second-order valence-electron chi connectivity index (χ2n) is 8.43. The molecule has 0 aliphatic heterocycles. The zero-order chi connectivity index (χ0) is 20.0. The normalized spacial score (nSPS) is 21.5. The lowest BCUT2D eigenvalue weighted by molar-refractivity contribution is -0.127. The van der Waals surface area contributed by atoms with Crippen molar-refractivity contribution < 1.29 is 19.2 Å². The summed E-state index contributed by atoms with van der Waals surface area (Å²) in [5.74, 6) is 0.000942. The maximum Gasteiger partial charge on any atom is 0.152 e. The van der Waals surface area contributed by atoms with Gasteiger partial charge in [0.1, 0.15) is 17.3 Å². The molecule has 0 radical (unpaired) electrons. The molecule has 0 saturated heterocycles. The second kappa shape index (κ2) is 10.1.